The molecule has 0 spiro atoms. The summed E-state index contributed by atoms with van der Waals surface area (Å²) in [6.45, 7) is 3.91. The monoisotopic (exact) mass is 465 g/mol. The Bertz CT molecular complexity index is 879. The van der Waals surface area contributed by atoms with Gasteiger partial charge in [-0.25, -0.2) is 14.4 Å². The Labute approximate surface area is 189 Å². The molecule has 0 aliphatic carbocycles. The van der Waals surface area contributed by atoms with Crippen LogP contribution in [-0.4, -0.2) is 101 Å². The van der Waals surface area contributed by atoms with Gasteiger partial charge < -0.3 is 23.9 Å². The van der Waals surface area contributed by atoms with E-state index < -0.39 is 36.6 Å². The molecule has 13 nitrogen and oxygen atoms in total. The molecule has 180 valence electrons. The summed E-state index contributed by atoms with van der Waals surface area (Å²) < 4.78 is 14.9. The molecule has 2 fully saturated rings. The lowest BCUT2D eigenvalue weighted by Gasteiger charge is -2.37. The third-order valence-corrected chi connectivity index (χ3v) is 5.22. The van der Waals surface area contributed by atoms with Crippen LogP contribution in [0.4, 0.5) is 4.79 Å². The number of ether oxygens (including phenoxy) is 3. The average molecular weight is 465 g/mol. The number of aromatic nitrogens is 2. The largest absolute Gasteiger partial charge is 0.464 e. The zero-order chi connectivity index (χ0) is 23.8. The number of aromatic amines is 1. The fraction of sp³-hybridized carbons (Fsp3) is 0.600. The summed E-state index contributed by atoms with van der Waals surface area (Å²) >= 11 is 0. The summed E-state index contributed by atoms with van der Waals surface area (Å²) in [7, 11) is 0. The van der Waals surface area contributed by atoms with Gasteiger partial charge in [-0.1, -0.05) is 5.16 Å². The van der Waals surface area contributed by atoms with Crippen LogP contribution in [0.3, 0.4) is 0 Å². The molecular weight excluding hydrogens is 438 g/mol. The molecule has 3 heterocycles. The lowest BCUT2D eigenvalue weighted by atomic mass is 10.0. The molecule has 2 saturated heterocycles. The lowest BCUT2D eigenvalue weighted by molar-refractivity contribution is -0.149. The van der Waals surface area contributed by atoms with Crippen LogP contribution in [0.15, 0.2) is 17.4 Å². The quantitative estimate of drug-likeness (QED) is 0.231. The van der Waals surface area contributed by atoms with E-state index >= 15 is 0 Å². The normalized spacial score (nSPS) is 19.3. The van der Waals surface area contributed by atoms with E-state index in [1.165, 1.54) is 11.1 Å². The minimum Gasteiger partial charge on any atom is -0.464 e. The van der Waals surface area contributed by atoms with Crippen LogP contribution in [0.25, 0.3) is 0 Å². The first-order valence-electron chi connectivity index (χ1n) is 10.7. The first-order valence-corrected chi connectivity index (χ1v) is 10.7. The molecule has 1 unspecified atom stereocenters. The van der Waals surface area contributed by atoms with Gasteiger partial charge in [0.1, 0.15) is 6.61 Å². The summed E-state index contributed by atoms with van der Waals surface area (Å²) in [4.78, 5) is 57.0. The zero-order valence-electron chi connectivity index (χ0n) is 18.5. The highest BCUT2D eigenvalue weighted by molar-refractivity contribution is 6.44. The highest BCUT2D eigenvalue weighted by atomic mass is 16.7. The van der Waals surface area contributed by atoms with Crippen LogP contribution >= 0.6 is 0 Å². The van der Waals surface area contributed by atoms with Crippen molar-refractivity contribution in [2.45, 2.75) is 38.8 Å². The van der Waals surface area contributed by atoms with Crippen molar-refractivity contribution in [3.63, 3.8) is 0 Å². The Hall–Kier alpha value is -3.64. The number of H-pyrrole nitrogens is 1. The Morgan fingerprint density at radius 1 is 1.21 bits per heavy atom. The average Bonchev–Trinajstić information content (AvgIpc) is 3.47. The molecule has 13 heteroatoms. The van der Waals surface area contributed by atoms with Gasteiger partial charge in [0.05, 0.1) is 18.9 Å². The van der Waals surface area contributed by atoms with Crippen LogP contribution in [-0.2, 0) is 33.4 Å². The number of nitrogens with zero attached hydrogens (tertiary/aromatic N) is 4. The van der Waals surface area contributed by atoms with Crippen LogP contribution in [0.1, 0.15) is 32.4 Å². The molecule has 0 bridgehead atoms. The molecule has 0 saturated carbocycles. The maximum Gasteiger partial charge on any atom is 0.410 e. The highest BCUT2D eigenvalue weighted by Crippen LogP contribution is 2.25. The van der Waals surface area contributed by atoms with Gasteiger partial charge in [-0.05, 0) is 32.8 Å². The number of hydrogen-bond acceptors (Lipinski definition) is 10. The summed E-state index contributed by atoms with van der Waals surface area (Å²) in [6.07, 6.45) is 1.78. The predicted molar refractivity (Wildman–Crippen MR) is 111 cm³/mol. The van der Waals surface area contributed by atoms with Crippen LogP contribution < -0.4 is 0 Å². The molecule has 2 aliphatic heterocycles. The van der Waals surface area contributed by atoms with Crippen LogP contribution in [0.2, 0.25) is 0 Å². The Morgan fingerprint density at radius 3 is 2.58 bits per heavy atom. The Kier molecular flexibility index (Phi) is 8.22. The molecule has 1 N–H and O–H groups in total. The van der Waals surface area contributed by atoms with Crippen molar-refractivity contribution in [1.29, 1.82) is 0 Å². The molecular formula is C20H27N5O8. The molecule has 3 rings (SSSR count). The molecule has 0 aromatic carbocycles. The summed E-state index contributed by atoms with van der Waals surface area (Å²) in [5.74, 6) is -1.53. The van der Waals surface area contributed by atoms with E-state index in [2.05, 4.69) is 15.4 Å². The minimum absolute atomic E-state index is 0.0415. The second kappa shape index (κ2) is 11.3. The standard InChI is InChI=1S/C20H27N5O8/c1-3-30-16(26)12-33-23-17(14-5-8-21-22-14)18(27)24-9-6-13(7-10-24)25-15(11-32-20(25)29)19(28)31-4-2/h5,8,13,15H,3-4,6-7,9-12H2,1-2H3,(H,21,22). The fourth-order valence-corrected chi connectivity index (χ4v) is 3.70. The predicted octanol–water partition coefficient (Wildman–Crippen LogP) is 0.0684. The molecule has 2 amide bonds. The minimum atomic E-state index is -0.789. The lowest BCUT2D eigenvalue weighted by Crippen LogP contribution is -2.52. The van der Waals surface area contributed by atoms with Gasteiger partial charge in [0.15, 0.2) is 11.8 Å². The number of carbonyl (C=O) groups excluding carboxylic acids is 4. The number of likely N-dealkylation sites (tertiary alicyclic amines) is 1. The van der Waals surface area contributed by atoms with Gasteiger partial charge in [-0.15, -0.1) is 0 Å². The first-order chi connectivity index (χ1) is 16.0. The third kappa shape index (κ3) is 5.79. The van der Waals surface area contributed by atoms with E-state index in [0.717, 1.165) is 0 Å². The summed E-state index contributed by atoms with van der Waals surface area (Å²) in [5.41, 5.74) is 0.289. The van der Waals surface area contributed by atoms with E-state index in [0.29, 0.717) is 31.6 Å². The van der Waals surface area contributed by atoms with Crippen molar-refractivity contribution in [3.8, 4) is 0 Å². The number of amides is 2. The van der Waals surface area contributed by atoms with E-state index in [9.17, 15) is 19.2 Å². The van der Waals surface area contributed by atoms with Crippen LogP contribution in [0.5, 0.6) is 0 Å². The van der Waals surface area contributed by atoms with Crippen molar-refractivity contribution < 1.29 is 38.2 Å². The van der Waals surface area contributed by atoms with Crippen molar-refractivity contribution in [1.82, 2.24) is 20.0 Å². The van der Waals surface area contributed by atoms with Gasteiger partial charge in [0.2, 0.25) is 6.61 Å². The topological polar surface area (TPSA) is 153 Å². The second-order valence-corrected chi connectivity index (χ2v) is 7.26. The second-order valence-electron chi connectivity index (χ2n) is 7.26. The summed E-state index contributed by atoms with van der Waals surface area (Å²) in [5, 5.41) is 10.3. The SMILES string of the molecule is CCOC(=O)CON=C(C(=O)N1CCC(N2C(=O)OCC2C(=O)OCC)CC1)c1ccn[nH]1. The number of carbonyl (C=O) groups is 4. The van der Waals surface area contributed by atoms with Gasteiger partial charge in [0.25, 0.3) is 5.91 Å². The fourth-order valence-electron chi connectivity index (χ4n) is 3.70. The van der Waals surface area contributed by atoms with Crippen molar-refractivity contribution >= 4 is 29.7 Å². The molecule has 0 radical (unpaired) electrons. The van der Waals surface area contributed by atoms with Gasteiger partial charge in [-0.3, -0.25) is 14.8 Å². The Balaban J connectivity index is 1.64. The van der Waals surface area contributed by atoms with Gasteiger partial charge in [0, 0.05) is 25.3 Å². The van der Waals surface area contributed by atoms with Crippen LogP contribution in [0, 0.1) is 0 Å². The van der Waals surface area contributed by atoms with Crippen molar-refractivity contribution in [3.05, 3.63) is 18.0 Å². The molecule has 2 aliphatic rings. The number of piperidine rings is 1. The molecule has 33 heavy (non-hydrogen) atoms. The number of rotatable bonds is 9. The molecule has 1 atom stereocenters. The zero-order valence-corrected chi connectivity index (χ0v) is 18.5. The maximum atomic E-state index is 13.1. The van der Waals surface area contributed by atoms with Gasteiger partial charge >= 0.3 is 18.0 Å². The number of nitrogens with one attached hydrogen (secondary N) is 1. The van der Waals surface area contributed by atoms with E-state index in [4.69, 9.17) is 19.0 Å². The van der Waals surface area contributed by atoms with E-state index in [1.54, 1.807) is 24.8 Å². The third-order valence-electron chi connectivity index (χ3n) is 5.22. The van der Waals surface area contributed by atoms with E-state index in [-0.39, 0.29) is 31.6 Å². The van der Waals surface area contributed by atoms with Gasteiger partial charge in [-0.2, -0.15) is 5.10 Å². The van der Waals surface area contributed by atoms with Crippen molar-refractivity contribution in [2.75, 3.05) is 39.5 Å². The first kappa shape index (κ1) is 24.0. The maximum absolute atomic E-state index is 13.1. The number of hydrogen-bond donors (Lipinski definition) is 1. The molecule has 1 aromatic rings. The summed E-state index contributed by atoms with van der Waals surface area (Å²) in [6, 6.07) is 0.496. The smallest absolute Gasteiger partial charge is 0.410 e. The Morgan fingerprint density at radius 2 is 1.94 bits per heavy atom. The highest BCUT2D eigenvalue weighted by Gasteiger charge is 2.44. The van der Waals surface area contributed by atoms with Crippen molar-refractivity contribution in [2.24, 2.45) is 5.16 Å². The number of oxime groups is 1. The number of cyclic esters (lactones) is 1. The molecule has 1 aromatic heterocycles. The van der Waals surface area contributed by atoms with E-state index in [1.807, 2.05) is 0 Å². The number of esters is 2.